The summed E-state index contributed by atoms with van der Waals surface area (Å²) in [7, 11) is -3.12. The highest BCUT2D eigenvalue weighted by molar-refractivity contribution is 7.88. The Labute approximate surface area is 135 Å². The van der Waals surface area contributed by atoms with Gasteiger partial charge in [0.25, 0.3) is 0 Å². The maximum absolute atomic E-state index is 12.0. The molecule has 4 rings (SSSR count). The van der Waals surface area contributed by atoms with Crippen LogP contribution >= 0.6 is 0 Å². The molecule has 8 heteroatoms. The topological polar surface area (TPSA) is 88.1 Å². The number of pyridine rings is 1. The van der Waals surface area contributed by atoms with Gasteiger partial charge in [-0.25, -0.2) is 18.4 Å². The molecule has 0 amide bonds. The number of hydrogen-bond donors (Lipinski definition) is 1. The number of piperidine rings is 1. The number of hydrogen-bond acceptors (Lipinski definition) is 6. The highest BCUT2D eigenvalue weighted by Crippen LogP contribution is 2.38. The number of rotatable bonds is 3. The molecular weight excluding hydrogens is 314 g/mol. The molecule has 2 fully saturated rings. The predicted molar refractivity (Wildman–Crippen MR) is 87.5 cm³/mol. The van der Waals surface area contributed by atoms with Gasteiger partial charge >= 0.3 is 0 Å². The molecule has 2 aliphatic heterocycles. The summed E-state index contributed by atoms with van der Waals surface area (Å²) >= 11 is 0. The van der Waals surface area contributed by atoms with Gasteiger partial charge in [0.05, 0.1) is 18.0 Å². The molecule has 2 saturated heterocycles. The quantitative estimate of drug-likeness (QED) is 0.913. The Morgan fingerprint density at radius 2 is 1.96 bits per heavy atom. The molecule has 23 heavy (non-hydrogen) atoms. The lowest BCUT2D eigenvalue weighted by atomic mass is 9.99. The Morgan fingerprint density at radius 1 is 1.22 bits per heavy atom. The highest BCUT2D eigenvalue weighted by Gasteiger charge is 2.45. The molecule has 4 heterocycles. The van der Waals surface area contributed by atoms with Crippen LogP contribution in [0, 0.1) is 0 Å². The van der Waals surface area contributed by atoms with Crippen LogP contribution in [0.2, 0.25) is 0 Å². The summed E-state index contributed by atoms with van der Waals surface area (Å²) in [6.45, 7) is 0. The van der Waals surface area contributed by atoms with Gasteiger partial charge in [-0.05, 0) is 31.7 Å². The van der Waals surface area contributed by atoms with Crippen molar-refractivity contribution in [3.05, 3.63) is 24.8 Å². The third-order valence-corrected chi connectivity index (χ3v) is 6.19. The summed E-state index contributed by atoms with van der Waals surface area (Å²) in [5, 5.41) is 4.44. The van der Waals surface area contributed by atoms with Crippen LogP contribution in [0.25, 0.3) is 10.9 Å². The van der Waals surface area contributed by atoms with Gasteiger partial charge in [0.15, 0.2) is 0 Å². The molecule has 0 aliphatic carbocycles. The molecule has 2 unspecified atom stereocenters. The van der Waals surface area contributed by atoms with Crippen LogP contribution in [-0.2, 0) is 10.0 Å². The lowest BCUT2D eigenvalue weighted by Gasteiger charge is -2.37. The van der Waals surface area contributed by atoms with E-state index in [1.54, 1.807) is 16.7 Å². The van der Waals surface area contributed by atoms with E-state index in [0.717, 1.165) is 42.4 Å². The van der Waals surface area contributed by atoms with Crippen LogP contribution in [0.4, 0.5) is 5.82 Å². The van der Waals surface area contributed by atoms with Gasteiger partial charge in [-0.2, -0.15) is 4.31 Å². The molecule has 2 atom stereocenters. The first-order valence-corrected chi connectivity index (χ1v) is 9.67. The van der Waals surface area contributed by atoms with Crippen LogP contribution in [-0.4, -0.2) is 52.1 Å². The minimum atomic E-state index is -3.12. The number of anilines is 1. The van der Waals surface area contributed by atoms with E-state index in [1.807, 2.05) is 6.07 Å². The van der Waals surface area contributed by atoms with Crippen molar-refractivity contribution in [3.63, 3.8) is 0 Å². The highest BCUT2D eigenvalue weighted by atomic mass is 32.2. The molecule has 0 aromatic carbocycles. The monoisotopic (exact) mass is 333 g/mol. The van der Waals surface area contributed by atoms with Gasteiger partial charge in [-0.15, -0.1) is 0 Å². The smallest absolute Gasteiger partial charge is 0.211 e. The van der Waals surface area contributed by atoms with Gasteiger partial charge in [-0.1, -0.05) is 0 Å². The van der Waals surface area contributed by atoms with Gasteiger partial charge in [0.2, 0.25) is 10.0 Å². The molecule has 0 saturated carbocycles. The van der Waals surface area contributed by atoms with Gasteiger partial charge in [0, 0.05) is 29.7 Å². The fraction of sp³-hybridized carbons (Fsp3) is 0.533. The zero-order chi connectivity index (χ0) is 16.0. The first kappa shape index (κ1) is 14.8. The van der Waals surface area contributed by atoms with E-state index < -0.39 is 10.0 Å². The van der Waals surface area contributed by atoms with Crippen molar-refractivity contribution in [2.75, 3.05) is 11.6 Å². The summed E-state index contributed by atoms with van der Waals surface area (Å²) in [5.41, 5.74) is 0.807. The molecule has 2 aromatic rings. The molecule has 122 valence electrons. The summed E-state index contributed by atoms with van der Waals surface area (Å²) in [5.74, 6) is 0.801. The number of nitrogens with zero attached hydrogens (tertiary/aromatic N) is 4. The van der Waals surface area contributed by atoms with Crippen molar-refractivity contribution in [3.8, 4) is 0 Å². The van der Waals surface area contributed by atoms with Crippen molar-refractivity contribution in [2.24, 2.45) is 0 Å². The first-order chi connectivity index (χ1) is 11.0. The van der Waals surface area contributed by atoms with Crippen molar-refractivity contribution < 1.29 is 8.42 Å². The molecule has 2 bridgehead atoms. The minimum Gasteiger partial charge on any atom is -0.367 e. The maximum atomic E-state index is 12.0. The molecule has 1 N–H and O–H groups in total. The van der Waals surface area contributed by atoms with Crippen LogP contribution in [0.5, 0.6) is 0 Å². The first-order valence-electron chi connectivity index (χ1n) is 7.82. The number of sulfonamides is 1. The van der Waals surface area contributed by atoms with Crippen LogP contribution in [0.3, 0.4) is 0 Å². The van der Waals surface area contributed by atoms with E-state index in [2.05, 4.69) is 20.3 Å². The Kier molecular flexibility index (Phi) is 3.46. The van der Waals surface area contributed by atoms with E-state index in [1.165, 1.54) is 12.6 Å². The summed E-state index contributed by atoms with van der Waals surface area (Å²) in [6, 6.07) is 2.35. The summed E-state index contributed by atoms with van der Waals surface area (Å²) in [4.78, 5) is 12.7. The lowest BCUT2D eigenvalue weighted by molar-refractivity contribution is 0.236. The zero-order valence-corrected chi connectivity index (χ0v) is 13.7. The normalized spacial score (nSPS) is 28.1. The number of nitrogens with one attached hydrogen (secondary N) is 1. The Hall–Kier alpha value is -1.80. The Balaban J connectivity index is 1.57. The Bertz CT molecular complexity index is 821. The fourth-order valence-electron chi connectivity index (χ4n) is 4.01. The minimum absolute atomic E-state index is 0.107. The third-order valence-electron chi connectivity index (χ3n) is 4.83. The number of fused-ring (bicyclic) bond motifs is 3. The fourth-order valence-corrected chi connectivity index (χ4v) is 5.48. The maximum Gasteiger partial charge on any atom is 0.211 e. The average Bonchev–Trinajstić information content (AvgIpc) is 2.80. The van der Waals surface area contributed by atoms with Crippen molar-refractivity contribution in [2.45, 2.75) is 43.8 Å². The Morgan fingerprint density at radius 3 is 2.65 bits per heavy atom. The third kappa shape index (κ3) is 2.66. The van der Waals surface area contributed by atoms with Gasteiger partial charge in [0.1, 0.15) is 12.1 Å². The molecular formula is C15H19N5O2S. The van der Waals surface area contributed by atoms with E-state index >= 15 is 0 Å². The summed E-state index contributed by atoms with van der Waals surface area (Å²) in [6.07, 6.45) is 9.84. The predicted octanol–water partition coefficient (Wildman–Crippen LogP) is 1.39. The second-order valence-electron chi connectivity index (χ2n) is 6.41. The standard InChI is InChI=1S/C15H19N5O2S/c1-23(21,22)20-11-2-3-12(20)7-10(6-11)19-15-13-4-5-16-8-14(13)17-9-18-15/h4-5,8-12H,2-3,6-7H2,1H3,(H,17,18,19). The van der Waals surface area contributed by atoms with Crippen molar-refractivity contribution in [1.29, 1.82) is 0 Å². The largest absolute Gasteiger partial charge is 0.367 e. The molecule has 2 aromatic heterocycles. The molecule has 2 aliphatic rings. The second kappa shape index (κ2) is 5.38. The van der Waals surface area contributed by atoms with Crippen LogP contribution in [0.1, 0.15) is 25.7 Å². The van der Waals surface area contributed by atoms with Crippen LogP contribution < -0.4 is 5.32 Å². The average molecular weight is 333 g/mol. The zero-order valence-electron chi connectivity index (χ0n) is 12.9. The van der Waals surface area contributed by atoms with Gasteiger partial charge in [-0.3, -0.25) is 4.98 Å². The van der Waals surface area contributed by atoms with Crippen molar-refractivity contribution >= 4 is 26.7 Å². The van der Waals surface area contributed by atoms with E-state index in [9.17, 15) is 8.42 Å². The SMILES string of the molecule is CS(=O)(=O)N1C2CCC1CC(Nc1ncnc3cnccc13)C2. The molecule has 0 radical (unpaired) electrons. The lowest BCUT2D eigenvalue weighted by Crippen LogP contribution is -2.49. The van der Waals surface area contributed by atoms with E-state index in [4.69, 9.17) is 0 Å². The van der Waals surface area contributed by atoms with Crippen molar-refractivity contribution in [1.82, 2.24) is 19.3 Å². The van der Waals surface area contributed by atoms with E-state index in [0.29, 0.717) is 0 Å². The molecule has 0 spiro atoms. The van der Waals surface area contributed by atoms with E-state index in [-0.39, 0.29) is 18.1 Å². The van der Waals surface area contributed by atoms with Crippen LogP contribution in [0.15, 0.2) is 24.8 Å². The second-order valence-corrected chi connectivity index (χ2v) is 8.29. The summed E-state index contributed by atoms with van der Waals surface area (Å²) < 4.78 is 25.6. The molecule has 7 nitrogen and oxygen atoms in total. The number of aromatic nitrogens is 3. The van der Waals surface area contributed by atoms with Gasteiger partial charge < -0.3 is 5.32 Å².